The number of alkyl halides is 3. The molecule has 17 heavy (non-hydrogen) atoms. The van der Waals surface area contributed by atoms with E-state index in [0.29, 0.717) is 19.4 Å². The normalized spacial score (nSPS) is 26.5. The van der Waals surface area contributed by atoms with Gasteiger partial charge in [-0.15, -0.1) is 0 Å². The summed E-state index contributed by atoms with van der Waals surface area (Å²) in [7, 11) is 3.08. The van der Waals surface area contributed by atoms with Crippen LogP contribution in [-0.4, -0.2) is 39.3 Å². The molecule has 0 aromatic heterocycles. The summed E-state index contributed by atoms with van der Waals surface area (Å²) in [4.78, 5) is 0. The van der Waals surface area contributed by atoms with E-state index in [9.17, 15) is 13.2 Å². The average Bonchev–Trinajstić information content (AvgIpc) is 2.30. The van der Waals surface area contributed by atoms with Crippen LogP contribution >= 0.6 is 0 Å². The fraction of sp³-hybridized carbons (Fsp3) is 1.00. The van der Waals surface area contributed by atoms with Gasteiger partial charge in [0.05, 0.1) is 5.92 Å². The summed E-state index contributed by atoms with van der Waals surface area (Å²) in [6, 6.07) is 0.140. The highest BCUT2D eigenvalue weighted by atomic mass is 19.4. The van der Waals surface area contributed by atoms with Crippen LogP contribution in [0.2, 0.25) is 0 Å². The molecule has 1 aliphatic carbocycles. The Balaban J connectivity index is 2.23. The van der Waals surface area contributed by atoms with Gasteiger partial charge in [0.1, 0.15) is 0 Å². The lowest BCUT2D eigenvalue weighted by Gasteiger charge is -2.31. The third kappa shape index (κ3) is 4.81. The van der Waals surface area contributed by atoms with E-state index in [2.05, 4.69) is 5.32 Å². The molecule has 0 bridgehead atoms. The van der Waals surface area contributed by atoms with E-state index in [1.54, 1.807) is 0 Å². The Labute approximate surface area is 99.7 Å². The highest BCUT2D eigenvalue weighted by Crippen LogP contribution is 2.37. The summed E-state index contributed by atoms with van der Waals surface area (Å²) in [6.45, 7) is 0.508. The zero-order valence-electron chi connectivity index (χ0n) is 10.2. The maximum absolute atomic E-state index is 12.4. The first-order valence-electron chi connectivity index (χ1n) is 5.83. The molecule has 0 heterocycles. The zero-order valence-corrected chi connectivity index (χ0v) is 10.2. The Morgan fingerprint density at radius 1 is 1.12 bits per heavy atom. The maximum atomic E-state index is 12.4. The number of halogens is 3. The molecule has 0 radical (unpaired) electrons. The number of hydrogen-bond donors (Lipinski definition) is 1. The largest absolute Gasteiger partial charge is 0.391 e. The Bertz CT molecular complexity index is 211. The molecule has 0 saturated heterocycles. The molecule has 0 atom stereocenters. The second-order valence-electron chi connectivity index (χ2n) is 4.40. The molecule has 102 valence electrons. The predicted octanol–water partition coefficient (Wildman–Crippen LogP) is 2.32. The van der Waals surface area contributed by atoms with Crippen molar-refractivity contribution in [1.82, 2.24) is 5.32 Å². The van der Waals surface area contributed by atoms with Gasteiger partial charge in [0, 0.05) is 26.8 Å². The SMILES string of the molecule is COC(CNC1CCC(C(F)(F)F)CC1)OC. The molecule has 1 saturated carbocycles. The number of ether oxygens (including phenoxy) is 2. The molecule has 0 amide bonds. The van der Waals surface area contributed by atoms with E-state index < -0.39 is 12.1 Å². The van der Waals surface area contributed by atoms with Gasteiger partial charge in [0.2, 0.25) is 0 Å². The molecule has 0 unspecified atom stereocenters. The molecule has 0 aromatic carbocycles. The third-order valence-corrected chi connectivity index (χ3v) is 3.29. The summed E-state index contributed by atoms with van der Waals surface area (Å²) < 4.78 is 47.3. The summed E-state index contributed by atoms with van der Waals surface area (Å²) in [6.07, 6.45) is -2.82. The number of hydrogen-bond acceptors (Lipinski definition) is 3. The minimum absolute atomic E-state index is 0.140. The summed E-state index contributed by atoms with van der Waals surface area (Å²) in [5.74, 6) is -1.12. The summed E-state index contributed by atoms with van der Waals surface area (Å²) in [5, 5.41) is 3.18. The van der Waals surface area contributed by atoms with Crippen LogP contribution in [-0.2, 0) is 9.47 Å². The first kappa shape index (κ1) is 14.7. The lowest BCUT2D eigenvalue weighted by atomic mass is 9.85. The molecule has 1 fully saturated rings. The number of rotatable bonds is 5. The van der Waals surface area contributed by atoms with Gasteiger partial charge in [-0.2, -0.15) is 13.2 Å². The van der Waals surface area contributed by atoms with Gasteiger partial charge in [-0.05, 0) is 25.7 Å². The second-order valence-corrected chi connectivity index (χ2v) is 4.40. The Morgan fingerprint density at radius 2 is 1.65 bits per heavy atom. The van der Waals surface area contributed by atoms with E-state index in [-0.39, 0.29) is 25.2 Å². The second kappa shape index (κ2) is 6.56. The van der Waals surface area contributed by atoms with Crippen molar-refractivity contribution in [3.05, 3.63) is 0 Å². The van der Waals surface area contributed by atoms with E-state index >= 15 is 0 Å². The van der Waals surface area contributed by atoms with E-state index in [1.807, 2.05) is 0 Å². The van der Waals surface area contributed by atoms with Crippen molar-refractivity contribution in [2.75, 3.05) is 20.8 Å². The minimum atomic E-state index is -4.04. The van der Waals surface area contributed by atoms with Crippen LogP contribution < -0.4 is 5.32 Å². The molecule has 0 spiro atoms. The van der Waals surface area contributed by atoms with Crippen LogP contribution in [0.5, 0.6) is 0 Å². The van der Waals surface area contributed by atoms with Crippen LogP contribution in [0.25, 0.3) is 0 Å². The maximum Gasteiger partial charge on any atom is 0.391 e. The van der Waals surface area contributed by atoms with E-state index in [0.717, 1.165) is 0 Å². The van der Waals surface area contributed by atoms with E-state index in [1.165, 1.54) is 14.2 Å². The smallest absolute Gasteiger partial charge is 0.355 e. The van der Waals surface area contributed by atoms with Crippen LogP contribution in [0.1, 0.15) is 25.7 Å². The summed E-state index contributed by atoms with van der Waals surface area (Å²) >= 11 is 0. The molecule has 3 nitrogen and oxygen atoms in total. The number of methoxy groups -OCH3 is 2. The van der Waals surface area contributed by atoms with Gasteiger partial charge >= 0.3 is 6.18 Å². The topological polar surface area (TPSA) is 30.5 Å². The summed E-state index contributed by atoms with van der Waals surface area (Å²) in [5.41, 5.74) is 0. The highest BCUT2D eigenvalue weighted by Gasteiger charge is 2.41. The lowest BCUT2D eigenvalue weighted by molar-refractivity contribution is -0.183. The van der Waals surface area contributed by atoms with Crippen LogP contribution in [0.15, 0.2) is 0 Å². The van der Waals surface area contributed by atoms with Crippen molar-refractivity contribution in [2.24, 2.45) is 5.92 Å². The van der Waals surface area contributed by atoms with Crippen molar-refractivity contribution in [2.45, 2.75) is 44.2 Å². The average molecular weight is 255 g/mol. The number of nitrogens with one attached hydrogen (secondary N) is 1. The lowest BCUT2D eigenvalue weighted by Crippen LogP contribution is -2.41. The fourth-order valence-electron chi connectivity index (χ4n) is 2.15. The van der Waals surface area contributed by atoms with Crippen molar-refractivity contribution in [3.63, 3.8) is 0 Å². The Hall–Kier alpha value is -0.330. The van der Waals surface area contributed by atoms with Crippen molar-refractivity contribution >= 4 is 0 Å². The Kier molecular flexibility index (Phi) is 5.69. The monoisotopic (exact) mass is 255 g/mol. The van der Waals surface area contributed by atoms with Crippen LogP contribution in [0, 0.1) is 5.92 Å². The molecular formula is C11H20F3NO2. The first-order chi connectivity index (χ1) is 7.97. The molecule has 1 aliphatic rings. The van der Waals surface area contributed by atoms with Gasteiger partial charge in [-0.1, -0.05) is 0 Å². The Morgan fingerprint density at radius 3 is 2.06 bits per heavy atom. The van der Waals surface area contributed by atoms with E-state index in [4.69, 9.17) is 9.47 Å². The molecule has 6 heteroatoms. The van der Waals surface area contributed by atoms with Gasteiger partial charge in [0.15, 0.2) is 6.29 Å². The van der Waals surface area contributed by atoms with Crippen molar-refractivity contribution < 1.29 is 22.6 Å². The molecule has 1 N–H and O–H groups in total. The van der Waals surface area contributed by atoms with Crippen LogP contribution in [0.3, 0.4) is 0 Å². The van der Waals surface area contributed by atoms with Crippen molar-refractivity contribution in [3.8, 4) is 0 Å². The molecular weight excluding hydrogens is 235 g/mol. The van der Waals surface area contributed by atoms with Gasteiger partial charge in [-0.3, -0.25) is 0 Å². The predicted molar refractivity (Wildman–Crippen MR) is 57.6 cm³/mol. The molecule has 0 aromatic rings. The standard InChI is InChI=1S/C11H20F3NO2/c1-16-10(17-2)7-15-9-5-3-8(4-6-9)11(12,13)14/h8-10,15H,3-7H2,1-2H3. The minimum Gasteiger partial charge on any atom is -0.355 e. The highest BCUT2D eigenvalue weighted by molar-refractivity contribution is 4.80. The van der Waals surface area contributed by atoms with Gasteiger partial charge in [0.25, 0.3) is 0 Å². The van der Waals surface area contributed by atoms with Gasteiger partial charge in [-0.25, -0.2) is 0 Å². The first-order valence-corrected chi connectivity index (χ1v) is 5.83. The van der Waals surface area contributed by atoms with Crippen molar-refractivity contribution in [1.29, 1.82) is 0 Å². The third-order valence-electron chi connectivity index (χ3n) is 3.29. The molecule has 0 aliphatic heterocycles. The fourth-order valence-corrected chi connectivity index (χ4v) is 2.15. The molecule has 1 rings (SSSR count). The zero-order chi connectivity index (χ0) is 12.9. The van der Waals surface area contributed by atoms with Gasteiger partial charge < -0.3 is 14.8 Å². The van der Waals surface area contributed by atoms with Crippen LogP contribution in [0.4, 0.5) is 13.2 Å². The quantitative estimate of drug-likeness (QED) is 0.765.